The third-order valence-electron chi connectivity index (χ3n) is 5.12. The summed E-state index contributed by atoms with van der Waals surface area (Å²) in [5.41, 5.74) is 3.18. The normalized spacial score (nSPS) is 10.6. The Hall–Kier alpha value is -4.06. The number of carbonyl (C=O) groups is 2. The molecule has 0 saturated carbocycles. The van der Waals surface area contributed by atoms with Gasteiger partial charge < -0.3 is 19.7 Å². The van der Waals surface area contributed by atoms with Crippen LogP contribution >= 0.6 is 0 Å². The lowest BCUT2D eigenvalue weighted by Gasteiger charge is -2.21. The zero-order valence-corrected chi connectivity index (χ0v) is 19.1. The zero-order valence-electron chi connectivity index (χ0n) is 19.1. The van der Waals surface area contributed by atoms with E-state index in [4.69, 9.17) is 9.47 Å². The molecule has 0 fully saturated rings. The van der Waals surface area contributed by atoms with Gasteiger partial charge in [0.1, 0.15) is 11.5 Å². The first-order valence-electron chi connectivity index (χ1n) is 10.7. The van der Waals surface area contributed by atoms with Crippen LogP contribution in [0.25, 0.3) is 6.08 Å². The van der Waals surface area contributed by atoms with Gasteiger partial charge in [-0.15, -0.1) is 0 Å². The van der Waals surface area contributed by atoms with Crippen molar-refractivity contribution in [3.05, 3.63) is 90.0 Å². The molecule has 0 aliphatic carbocycles. The third kappa shape index (κ3) is 6.46. The molecular weight excluding hydrogens is 416 g/mol. The maximum Gasteiger partial charge on any atom is 0.248 e. The van der Waals surface area contributed by atoms with Gasteiger partial charge in [-0.25, -0.2) is 0 Å². The number of hydrogen-bond donors (Lipinski definition) is 1. The van der Waals surface area contributed by atoms with Gasteiger partial charge in [-0.3, -0.25) is 9.59 Å². The van der Waals surface area contributed by atoms with Gasteiger partial charge in [-0.1, -0.05) is 30.3 Å². The molecule has 3 aromatic rings. The minimum Gasteiger partial charge on any atom is -0.497 e. The van der Waals surface area contributed by atoms with E-state index in [1.54, 1.807) is 49.5 Å². The van der Waals surface area contributed by atoms with E-state index in [0.717, 1.165) is 16.8 Å². The number of carbonyl (C=O) groups excluding carboxylic acids is 2. The number of anilines is 2. The Morgan fingerprint density at radius 1 is 0.939 bits per heavy atom. The van der Waals surface area contributed by atoms with Gasteiger partial charge in [0.2, 0.25) is 11.8 Å². The van der Waals surface area contributed by atoms with Crippen molar-refractivity contribution >= 4 is 29.3 Å². The smallest absolute Gasteiger partial charge is 0.248 e. The highest BCUT2D eigenvalue weighted by Gasteiger charge is 2.14. The first-order chi connectivity index (χ1) is 16.0. The summed E-state index contributed by atoms with van der Waals surface area (Å²) in [5.74, 6) is 1.05. The standard InChI is InChI=1S/C27H28N2O4/c1-4-29(23-8-6-5-7-9-23)27(31)18-20-10-14-22(15-11-20)28-26(30)17-13-21-12-16-24(32-2)19-25(21)33-3/h5-17,19H,4,18H2,1-3H3,(H,28,30)/b17-13+. The van der Waals surface area contributed by atoms with E-state index >= 15 is 0 Å². The minimum atomic E-state index is -0.266. The second kappa shape index (κ2) is 11.5. The van der Waals surface area contributed by atoms with Crippen LogP contribution in [0.1, 0.15) is 18.1 Å². The Bertz CT molecular complexity index is 1110. The minimum absolute atomic E-state index is 0.0249. The maximum absolute atomic E-state index is 12.7. The fourth-order valence-corrected chi connectivity index (χ4v) is 3.39. The molecule has 6 nitrogen and oxygen atoms in total. The summed E-state index contributed by atoms with van der Waals surface area (Å²) >= 11 is 0. The van der Waals surface area contributed by atoms with Crippen molar-refractivity contribution in [1.82, 2.24) is 0 Å². The van der Waals surface area contributed by atoms with E-state index < -0.39 is 0 Å². The van der Waals surface area contributed by atoms with Crippen LogP contribution < -0.4 is 19.7 Å². The summed E-state index contributed by atoms with van der Waals surface area (Å²) in [4.78, 5) is 26.8. The van der Waals surface area contributed by atoms with E-state index in [9.17, 15) is 9.59 Å². The molecule has 0 aliphatic heterocycles. The topological polar surface area (TPSA) is 67.9 Å². The van der Waals surface area contributed by atoms with E-state index in [1.165, 1.54) is 6.08 Å². The molecule has 0 radical (unpaired) electrons. The van der Waals surface area contributed by atoms with Gasteiger partial charge in [-0.05, 0) is 55.0 Å². The fourth-order valence-electron chi connectivity index (χ4n) is 3.39. The maximum atomic E-state index is 12.7. The van der Waals surface area contributed by atoms with Crippen molar-refractivity contribution < 1.29 is 19.1 Å². The number of hydrogen-bond acceptors (Lipinski definition) is 4. The summed E-state index contributed by atoms with van der Waals surface area (Å²) in [7, 11) is 3.15. The molecule has 170 valence electrons. The first kappa shape index (κ1) is 23.6. The number of likely N-dealkylation sites (N-methyl/N-ethyl adjacent to an activating group) is 1. The lowest BCUT2D eigenvalue weighted by atomic mass is 10.1. The highest BCUT2D eigenvalue weighted by Crippen LogP contribution is 2.25. The van der Waals surface area contributed by atoms with Gasteiger partial charge in [0.25, 0.3) is 0 Å². The van der Waals surface area contributed by atoms with E-state index in [-0.39, 0.29) is 18.2 Å². The second-order valence-corrected chi connectivity index (χ2v) is 7.28. The quantitative estimate of drug-likeness (QED) is 0.474. The molecule has 1 N–H and O–H groups in total. The van der Waals surface area contributed by atoms with E-state index in [0.29, 0.717) is 23.7 Å². The van der Waals surface area contributed by atoms with E-state index in [1.807, 2.05) is 55.5 Å². The van der Waals surface area contributed by atoms with Crippen LogP contribution in [0.2, 0.25) is 0 Å². The highest BCUT2D eigenvalue weighted by molar-refractivity contribution is 6.02. The predicted molar refractivity (Wildman–Crippen MR) is 132 cm³/mol. The molecule has 0 bridgehead atoms. The number of methoxy groups -OCH3 is 2. The van der Waals surface area contributed by atoms with Crippen LogP contribution in [-0.4, -0.2) is 32.6 Å². The van der Waals surface area contributed by atoms with Crippen molar-refractivity contribution in [1.29, 1.82) is 0 Å². The molecule has 6 heteroatoms. The van der Waals surface area contributed by atoms with Crippen LogP contribution in [0, 0.1) is 0 Å². The van der Waals surface area contributed by atoms with Crippen LogP contribution in [0.3, 0.4) is 0 Å². The molecule has 0 heterocycles. The lowest BCUT2D eigenvalue weighted by molar-refractivity contribution is -0.118. The summed E-state index contributed by atoms with van der Waals surface area (Å²) in [6.45, 7) is 2.56. The summed E-state index contributed by atoms with van der Waals surface area (Å²) in [6, 6.07) is 22.3. The molecule has 3 aromatic carbocycles. The molecule has 3 rings (SSSR count). The summed E-state index contributed by atoms with van der Waals surface area (Å²) in [6.07, 6.45) is 3.42. The number of rotatable bonds is 9. The Morgan fingerprint density at radius 3 is 2.30 bits per heavy atom. The molecule has 33 heavy (non-hydrogen) atoms. The average Bonchev–Trinajstić information content (AvgIpc) is 2.85. The zero-order chi connectivity index (χ0) is 23.6. The van der Waals surface area contributed by atoms with Gasteiger partial charge in [-0.2, -0.15) is 0 Å². The number of amides is 2. The monoisotopic (exact) mass is 444 g/mol. The van der Waals surface area contributed by atoms with Crippen molar-refractivity contribution in [3.8, 4) is 11.5 Å². The van der Waals surface area contributed by atoms with Gasteiger partial charge in [0.05, 0.1) is 20.6 Å². The lowest BCUT2D eigenvalue weighted by Crippen LogP contribution is -2.31. The Kier molecular flexibility index (Phi) is 8.24. The summed E-state index contributed by atoms with van der Waals surface area (Å²) < 4.78 is 10.5. The highest BCUT2D eigenvalue weighted by atomic mass is 16.5. The van der Waals surface area contributed by atoms with Crippen molar-refractivity contribution in [3.63, 3.8) is 0 Å². The number of para-hydroxylation sites is 1. The summed E-state index contributed by atoms with van der Waals surface area (Å²) in [5, 5.41) is 2.83. The first-order valence-corrected chi connectivity index (χ1v) is 10.7. The van der Waals surface area contributed by atoms with Crippen LogP contribution in [-0.2, 0) is 16.0 Å². The molecule has 0 spiro atoms. The fraction of sp³-hybridized carbons (Fsp3) is 0.185. The SMILES string of the molecule is CCN(C(=O)Cc1ccc(NC(=O)/C=C/c2ccc(OC)cc2OC)cc1)c1ccccc1. The van der Waals surface area contributed by atoms with Crippen molar-refractivity contribution in [2.45, 2.75) is 13.3 Å². The largest absolute Gasteiger partial charge is 0.497 e. The number of nitrogens with zero attached hydrogens (tertiary/aromatic N) is 1. The van der Waals surface area contributed by atoms with Crippen LogP contribution in [0.15, 0.2) is 78.9 Å². The molecule has 0 aromatic heterocycles. The van der Waals surface area contributed by atoms with E-state index in [2.05, 4.69) is 5.32 Å². The van der Waals surface area contributed by atoms with Crippen LogP contribution in [0.5, 0.6) is 11.5 Å². The van der Waals surface area contributed by atoms with Gasteiger partial charge in [0.15, 0.2) is 0 Å². The molecule has 0 atom stereocenters. The van der Waals surface area contributed by atoms with Gasteiger partial charge >= 0.3 is 0 Å². The molecular formula is C27H28N2O4. The number of nitrogens with one attached hydrogen (secondary N) is 1. The molecule has 2 amide bonds. The number of benzene rings is 3. The molecule has 0 unspecified atom stereocenters. The van der Waals surface area contributed by atoms with Crippen molar-refractivity contribution in [2.24, 2.45) is 0 Å². The Morgan fingerprint density at radius 2 is 1.67 bits per heavy atom. The predicted octanol–water partition coefficient (Wildman–Crippen LogP) is 4.95. The second-order valence-electron chi connectivity index (χ2n) is 7.28. The third-order valence-corrected chi connectivity index (χ3v) is 5.12. The molecule has 0 saturated heterocycles. The van der Waals surface area contributed by atoms with Crippen LogP contribution in [0.4, 0.5) is 11.4 Å². The van der Waals surface area contributed by atoms with Crippen molar-refractivity contribution in [2.75, 3.05) is 31.0 Å². The number of ether oxygens (including phenoxy) is 2. The Balaban J connectivity index is 1.59. The Labute approximate surface area is 194 Å². The average molecular weight is 445 g/mol. The molecule has 0 aliphatic rings. The van der Waals surface area contributed by atoms with Gasteiger partial charge in [0, 0.05) is 35.6 Å².